The summed E-state index contributed by atoms with van der Waals surface area (Å²) in [6, 6.07) is 11.7. The van der Waals surface area contributed by atoms with Crippen molar-refractivity contribution in [1.29, 1.82) is 0 Å². The number of benzene rings is 1. The van der Waals surface area contributed by atoms with Crippen LogP contribution in [0, 0.1) is 0 Å². The largest absolute Gasteiger partial charge is 0.497 e. The molecule has 0 aliphatic heterocycles. The Balaban J connectivity index is 2.11. The van der Waals surface area contributed by atoms with Crippen molar-refractivity contribution >= 4 is 39.2 Å². The molecule has 16 heavy (non-hydrogen) atoms. The molecule has 0 saturated heterocycles. The highest BCUT2D eigenvalue weighted by Crippen LogP contribution is 2.22. The number of ether oxygens (including phenoxy) is 1. The van der Waals surface area contributed by atoms with Crippen LogP contribution in [0.4, 0.5) is 5.69 Å². The molecule has 1 aromatic heterocycles. The third-order valence-electron chi connectivity index (χ3n) is 2.01. The maximum Gasteiger partial charge on any atom is 0.119 e. The topological polar surface area (TPSA) is 21.6 Å². The Morgan fingerprint density at radius 1 is 1.19 bits per heavy atom. The molecule has 2 nitrogen and oxygen atoms in total. The van der Waals surface area contributed by atoms with Crippen molar-refractivity contribution in [3.05, 3.63) is 45.1 Å². The summed E-state index contributed by atoms with van der Waals surface area (Å²) in [5, 5.41) is 0. The lowest BCUT2D eigenvalue weighted by molar-refractivity contribution is 0.415. The fourth-order valence-electron chi connectivity index (χ4n) is 1.20. The van der Waals surface area contributed by atoms with Crippen molar-refractivity contribution in [3.8, 4) is 5.75 Å². The average molecular weight is 296 g/mol. The third kappa shape index (κ3) is 2.93. The first-order chi connectivity index (χ1) is 7.78. The molecule has 0 unspecified atom stereocenters. The number of halogens is 1. The zero-order chi connectivity index (χ0) is 11.4. The van der Waals surface area contributed by atoms with E-state index in [1.165, 1.54) is 0 Å². The van der Waals surface area contributed by atoms with Crippen molar-refractivity contribution < 1.29 is 4.74 Å². The fourth-order valence-corrected chi connectivity index (χ4v) is 2.50. The molecule has 0 aliphatic carbocycles. The second-order valence-corrected chi connectivity index (χ2v) is 5.59. The smallest absolute Gasteiger partial charge is 0.119 e. The monoisotopic (exact) mass is 295 g/mol. The van der Waals surface area contributed by atoms with E-state index in [4.69, 9.17) is 4.74 Å². The van der Waals surface area contributed by atoms with Crippen molar-refractivity contribution in [1.82, 2.24) is 0 Å². The van der Waals surface area contributed by atoms with Crippen LogP contribution in [0.5, 0.6) is 5.75 Å². The molecule has 0 fully saturated rings. The second kappa shape index (κ2) is 5.27. The van der Waals surface area contributed by atoms with Crippen molar-refractivity contribution in [3.63, 3.8) is 0 Å². The summed E-state index contributed by atoms with van der Waals surface area (Å²) in [6.45, 7) is 0. The van der Waals surface area contributed by atoms with E-state index in [0.29, 0.717) is 0 Å². The highest BCUT2D eigenvalue weighted by molar-refractivity contribution is 9.11. The molecule has 2 rings (SSSR count). The van der Waals surface area contributed by atoms with Gasteiger partial charge in [-0.05, 0) is 52.3 Å². The van der Waals surface area contributed by atoms with Crippen LogP contribution in [-0.2, 0) is 0 Å². The van der Waals surface area contributed by atoms with E-state index in [2.05, 4.69) is 20.9 Å². The number of hydrogen-bond donors (Lipinski definition) is 0. The summed E-state index contributed by atoms with van der Waals surface area (Å²) in [7, 11) is 1.65. The lowest BCUT2D eigenvalue weighted by Gasteiger charge is -1.98. The van der Waals surface area contributed by atoms with Crippen molar-refractivity contribution in [2.24, 2.45) is 4.99 Å². The Bertz CT molecular complexity index is 490. The second-order valence-electron chi connectivity index (χ2n) is 3.10. The SMILES string of the molecule is COc1ccc(N=Cc2ccc(Br)s2)cc1. The molecule has 0 saturated carbocycles. The van der Waals surface area contributed by atoms with Crippen molar-refractivity contribution in [2.45, 2.75) is 0 Å². The number of methoxy groups -OCH3 is 1. The quantitative estimate of drug-likeness (QED) is 0.775. The molecule has 0 amide bonds. The summed E-state index contributed by atoms with van der Waals surface area (Å²) in [5.41, 5.74) is 0.922. The molecule has 0 atom stereocenters. The first-order valence-electron chi connectivity index (χ1n) is 4.71. The molecule has 0 spiro atoms. The first kappa shape index (κ1) is 11.4. The van der Waals surface area contributed by atoms with Gasteiger partial charge in [-0.15, -0.1) is 11.3 Å². The molecule has 0 aliphatic rings. The van der Waals surface area contributed by atoms with Gasteiger partial charge in [0, 0.05) is 11.1 Å². The van der Waals surface area contributed by atoms with E-state index in [1.54, 1.807) is 18.4 Å². The summed E-state index contributed by atoms with van der Waals surface area (Å²) < 4.78 is 6.19. The van der Waals surface area contributed by atoms with Gasteiger partial charge in [0.05, 0.1) is 16.6 Å². The van der Waals surface area contributed by atoms with Crippen LogP contribution in [0.25, 0.3) is 0 Å². The molecule has 2 aromatic rings. The lowest BCUT2D eigenvalue weighted by Crippen LogP contribution is -1.80. The summed E-state index contributed by atoms with van der Waals surface area (Å²) in [6.07, 6.45) is 1.86. The highest BCUT2D eigenvalue weighted by Gasteiger charge is 1.94. The molecular formula is C12H10BrNOS. The molecule has 4 heteroatoms. The van der Waals surface area contributed by atoms with Gasteiger partial charge in [-0.3, -0.25) is 4.99 Å². The van der Waals surface area contributed by atoms with E-state index in [9.17, 15) is 0 Å². The van der Waals surface area contributed by atoms with Gasteiger partial charge in [-0.1, -0.05) is 0 Å². The predicted octanol–water partition coefficient (Wildman–Crippen LogP) is 4.27. The predicted molar refractivity (Wildman–Crippen MR) is 72.3 cm³/mol. The van der Waals surface area contributed by atoms with Gasteiger partial charge >= 0.3 is 0 Å². The molecule has 0 bridgehead atoms. The molecular weight excluding hydrogens is 286 g/mol. The number of rotatable bonds is 3. The van der Waals surface area contributed by atoms with Gasteiger partial charge in [0.2, 0.25) is 0 Å². The number of thiophene rings is 1. The van der Waals surface area contributed by atoms with Gasteiger partial charge in [0.25, 0.3) is 0 Å². The van der Waals surface area contributed by atoms with Gasteiger partial charge in [-0.2, -0.15) is 0 Å². The minimum Gasteiger partial charge on any atom is -0.497 e. The Kier molecular flexibility index (Phi) is 3.74. The van der Waals surface area contributed by atoms with Gasteiger partial charge in [0.15, 0.2) is 0 Å². The van der Waals surface area contributed by atoms with Crippen LogP contribution in [0.1, 0.15) is 4.88 Å². The third-order valence-corrected chi connectivity index (χ3v) is 3.57. The zero-order valence-electron chi connectivity index (χ0n) is 8.68. The van der Waals surface area contributed by atoms with E-state index >= 15 is 0 Å². The number of hydrogen-bond acceptors (Lipinski definition) is 3. The standard InChI is InChI=1S/C12H10BrNOS/c1-15-10-4-2-9(3-5-10)14-8-11-6-7-12(13)16-11/h2-8H,1H3. The van der Waals surface area contributed by atoms with Crippen LogP contribution < -0.4 is 4.74 Å². The van der Waals surface area contributed by atoms with Crippen LogP contribution in [-0.4, -0.2) is 13.3 Å². The fraction of sp³-hybridized carbons (Fsp3) is 0.0833. The normalized spacial score (nSPS) is 10.9. The molecule has 1 aromatic carbocycles. The first-order valence-corrected chi connectivity index (χ1v) is 6.32. The maximum atomic E-state index is 5.08. The molecule has 1 heterocycles. The maximum absolute atomic E-state index is 5.08. The Labute approximate surface area is 107 Å². The van der Waals surface area contributed by atoms with E-state index < -0.39 is 0 Å². The Morgan fingerprint density at radius 3 is 2.50 bits per heavy atom. The van der Waals surface area contributed by atoms with Crippen LogP contribution in [0.3, 0.4) is 0 Å². The number of nitrogens with zero attached hydrogens (tertiary/aromatic N) is 1. The van der Waals surface area contributed by atoms with Crippen LogP contribution in [0.2, 0.25) is 0 Å². The van der Waals surface area contributed by atoms with E-state index in [1.807, 2.05) is 42.6 Å². The van der Waals surface area contributed by atoms with E-state index in [-0.39, 0.29) is 0 Å². The zero-order valence-corrected chi connectivity index (χ0v) is 11.1. The van der Waals surface area contributed by atoms with Gasteiger partial charge < -0.3 is 4.74 Å². The summed E-state index contributed by atoms with van der Waals surface area (Å²) >= 11 is 5.07. The van der Waals surface area contributed by atoms with E-state index in [0.717, 1.165) is 20.1 Å². The summed E-state index contributed by atoms with van der Waals surface area (Å²) in [5.74, 6) is 0.845. The van der Waals surface area contributed by atoms with Crippen LogP contribution in [0.15, 0.2) is 45.2 Å². The van der Waals surface area contributed by atoms with Crippen LogP contribution >= 0.6 is 27.3 Å². The van der Waals surface area contributed by atoms with Crippen molar-refractivity contribution in [2.75, 3.05) is 7.11 Å². The Morgan fingerprint density at radius 2 is 1.94 bits per heavy atom. The Hall–Kier alpha value is -1.13. The van der Waals surface area contributed by atoms with Gasteiger partial charge in [-0.25, -0.2) is 0 Å². The lowest BCUT2D eigenvalue weighted by atomic mass is 10.3. The average Bonchev–Trinajstić information content (AvgIpc) is 2.73. The highest BCUT2D eigenvalue weighted by atomic mass is 79.9. The van der Waals surface area contributed by atoms with Gasteiger partial charge in [0.1, 0.15) is 5.75 Å². The molecule has 82 valence electrons. The minimum atomic E-state index is 0.845. The summed E-state index contributed by atoms with van der Waals surface area (Å²) in [4.78, 5) is 5.50. The molecule has 0 N–H and O–H groups in total. The number of aliphatic imine (C=N–C) groups is 1. The minimum absolute atomic E-state index is 0.845. The molecule has 0 radical (unpaired) electrons.